The van der Waals surface area contributed by atoms with E-state index in [9.17, 15) is 14.4 Å². The molecule has 0 saturated carbocycles. The summed E-state index contributed by atoms with van der Waals surface area (Å²) in [5, 5.41) is 9.25. The summed E-state index contributed by atoms with van der Waals surface area (Å²) in [7, 11) is 1.54. The molecule has 0 spiro atoms. The Kier molecular flexibility index (Phi) is 4.94. The molecule has 3 amide bonds. The molecule has 9 heteroatoms. The number of halogens is 1. The maximum Gasteiger partial charge on any atom is 0.249 e. The van der Waals surface area contributed by atoms with Crippen LogP contribution in [0.25, 0.3) is 0 Å². The number of hydrazone groups is 1. The monoisotopic (exact) mass is 450 g/mol. The average molecular weight is 451 g/mol. The molecule has 3 aliphatic heterocycles. The van der Waals surface area contributed by atoms with Gasteiger partial charge in [0.1, 0.15) is 11.8 Å². The highest BCUT2D eigenvalue weighted by Crippen LogP contribution is 2.45. The van der Waals surface area contributed by atoms with Gasteiger partial charge in [0.05, 0.1) is 30.7 Å². The van der Waals surface area contributed by atoms with Gasteiger partial charge in [-0.05, 0) is 54.6 Å². The van der Waals surface area contributed by atoms with Gasteiger partial charge in [-0.1, -0.05) is 17.7 Å². The number of benzene rings is 2. The van der Waals surface area contributed by atoms with Gasteiger partial charge in [-0.25, -0.2) is 4.90 Å². The second kappa shape index (κ2) is 7.80. The molecule has 0 aliphatic carbocycles. The van der Waals surface area contributed by atoms with E-state index in [0.717, 1.165) is 0 Å². The Morgan fingerprint density at radius 3 is 2.41 bits per heavy atom. The highest BCUT2D eigenvalue weighted by Gasteiger charge is 2.64. The first-order chi connectivity index (χ1) is 15.5. The van der Waals surface area contributed by atoms with Crippen molar-refractivity contribution in [2.75, 3.05) is 17.3 Å². The van der Waals surface area contributed by atoms with E-state index in [4.69, 9.17) is 16.3 Å². The van der Waals surface area contributed by atoms with E-state index >= 15 is 0 Å². The number of rotatable bonds is 4. The number of anilines is 2. The first-order valence-electron chi connectivity index (χ1n) is 10.1. The summed E-state index contributed by atoms with van der Waals surface area (Å²) in [6.45, 7) is 0. The van der Waals surface area contributed by atoms with E-state index in [1.165, 1.54) is 4.90 Å². The maximum atomic E-state index is 13.5. The number of hydrogen-bond donors (Lipinski definition) is 1. The van der Waals surface area contributed by atoms with Gasteiger partial charge in [0.2, 0.25) is 17.7 Å². The SMILES string of the molecule is COc1ccc(N2C(=O)[C@@H]3[C@H](C2=O)[C@H]2C=CC=NN2[C@@H]3C(=O)Nc2ccc(Cl)cc2)cc1. The number of methoxy groups -OCH3 is 1. The lowest BCUT2D eigenvalue weighted by molar-refractivity contribution is -0.129. The number of imide groups is 1. The first-order valence-corrected chi connectivity index (χ1v) is 10.4. The highest BCUT2D eigenvalue weighted by atomic mass is 35.5. The summed E-state index contributed by atoms with van der Waals surface area (Å²) in [4.78, 5) is 41.3. The molecule has 0 bridgehead atoms. The number of hydrogen-bond acceptors (Lipinski definition) is 6. The number of carbonyl (C=O) groups excluding carboxylic acids is 3. The summed E-state index contributed by atoms with van der Waals surface area (Å²) in [6, 6.07) is 12.0. The molecule has 2 saturated heterocycles. The molecule has 5 rings (SSSR count). The summed E-state index contributed by atoms with van der Waals surface area (Å²) >= 11 is 5.92. The minimum absolute atomic E-state index is 0.344. The molecule has 2 aromatic rings. The van der Waals surface area contributed by atoms with E-state index in [-0.39, 0.29) is 5.91 Å². The predicted molar refractivity (Wildman–Crippen MR) is 120 cm³/mol. The smallest absolute Gasteiger partial charge is 0.249 e. The zero-order valence-electron chi connectivity index (χ0n) is 17.0. The van der Waals surface area contributed by atoms with Crippen molar-refractivity contribution >= 4 is 46.9 Å². The Morgan fingerprint density at radius 1 is 1.03 bits per heavy atom. The predicted octanol–water partition coefficient (Wildman–Crippen LogP) is 2.70. The first kappa shape index (κ1) is 20.3. The van der Waals surface area contributed by atoms with Crippen molar-refractivity contribution < 1.29 is 19.1 Å². The molecule has 0 aromatic heterocycles. The summed E-state index contributed by atoms with van der Waals surface area (Å²) in [5.41, 5.74) is 0.988. The lowest BCUT2D eigenvalue weighted by Gasteiger charge is -2.30. The minimum atomic E-state index is -0.929. The molecule has 8 nitrogen and oxygen atoms in total. The van der Waals surface area contributed by atoms with Gasteiger partial charge >= 0.3 is 0 Å². The lowest BCUT2D eigenvalue weighted by atomic mass is 9.88. The molecule has 0 radical (unpaired) electrons. The van der Waals surface area contributed by atoms with Crippen LogP contribution in [0.5, 0.6) is 5.75 Å². The Hall–Kier alpha value is -3.65. The average Bonchev–Trinajstić information content (AvgIpc) is 3.28. The highest BCUT2D eigenvalue weighted by molar-refractivity contribution is 6.30. The maximum absolute atomic E-state index is 13.5. The molecular formula is C23H19ClN4O4. The Bertz CT molecular complexity index is 1150. The molecular weight excluding hydrogens is 432 g/mol. The molecule has 32 heavy (non-hydrogen) atoms. The third kappa shape index (κ3) is 3.15. The van der Waals surface area contributed by atoms with Crippen LogP contribution >= 0.6 is 11.6 Å². The fourth-order valence-electron chi connectivity index (χ4n) is 4.57. The Balaban J connectivity index is 1.49. The van der Waals surface area contributed by atoms with Gasteiger partial charge in [0.15, 0.2) is 0 Å². The summed E-state index contributed by atoms with van der Waals surface area (Å²) < 4.78 is 5.16. The van der Waals surface area contributed by atoms with Gasteiger partial charge in [-0.2, -0.15) is 5.10 Å². The summed E-state index contributed by atoms with van der Waals surface area (Å²) in [5.74, 6) is -2.12. The normalized spacial score (nSPS) is 25.7. The number of nitrogens with zero attached hydrogens (tertiary/aromatic N) is 3. The van der Waals surface area contributed by atoms with Gasteiger partial charge in [-0.15, -0.1) is 0 Å². The zero-order chi connectivity index (χ0) is 22.4. The third-order valence-electron chi connectivity index (χ3n) is 6.00. The molecule has 3 heterocycles. The van der Waals surface area contributed by atoms with E-state index < -0.39 is 35.7 Å². The number of fused-ring (bicyclic) bond motifs is 3. The molecule has 0 unspecified atom stereocenters. The van der Waals surface area contributed by atoms with Crippen molar-refractivity contribution in [2.24, 2.45) is 16.9 Å². The zero-order valence-corrected chi connectivity index (χ0v) is 17.8. The lowest BCUT2D eigenvalue weighted by Crippen LogP contribution is -2.47. The largest absolute Gasteiger partial charge is 0.497 e. The standard InChI is InChI=1S/C23H19ClN4O4/c1-32-16-10-8-15(9-11-16)27-22(30)18-17-3-2-12-25-28(17)20(19(18)23(27)31)21(29)26-14-6-4-13(24)5-7-14/h2-12,17-20H,1H3,(H,26,29)/t17-,18-,19-,20+/m1/s1. The van der Waals surface area contributed by atoms with Crippen molar-refractivity contribution in [2.45, 2.75) is 12.1 Å². The van der Waals surface area contributed by atoms with Crippen molar-refractivity contribution in [3.05, 3.63) is 65.7 Å². The molecule has 3 aliphatic rings. The Labute approximate surface area is 189 Å². The third-order valence-corrected chi connectivity index (χ3v) is 6.25. The summed E-state index contributed by atoms with van der Waals surface area (Å²) in [6.07, 6.45) is 5.09. The van der Waals surface area contributed by atoms with Crippen LogP contribution in [0.1, 0.15) is 0 Å². The van der Waals surface area contributed by atoms with Crippen molar-refractivity contribution in [1.29, 1.82) is 0 Å². The topological polar surface area (TPSA) is 91.3 Å². The van der Waals surface area contributed by atoms with Gasteiger partial charge in [-0.3, -0.25) is 19.4 Å². The molecule has 2 aromatic carbocycles. The minimum Gasteiger partial charge on any atom is -0.497 e. The molecule has 1 N–H and O–H groups in total. The number of allylic oxidation sites excluding steroid dienone is 1. The second-order valence-corrected chi connectivity index (χ2v) is 8.16. The molecule has 162 valence electrons. The van der Waals surface area contributed by atoms with Crippen molar-refractivity contribution in [1.82, 2.24) is 5.01 Å². The van der Waals surface area contributed by atoms with Crippen LogP contribution in [0.3, 0.4) is 0 Å². The van der Waals surface area contributed by atoms with Gasteiger partial charge < -0.3 is 10.1 Å². The van der Waals surface area contributed by atoms with Crippen LogP contribution in [0.2, 0.25) is 5.02 Å². The van der Waals surface area contributed by atoms with E-state index in [1.54, 1.807) is 72.9 Å². The van der Waals surface area contributed by atoms with Crippen LogP contribution in [-0.2, 0) is 14.4 Å². The van der Waals surface area contributed by atoms with Crippen LogP contribution < -0.4 is 15.0 Å². The van der Waals surface area contributed by atoms with Gasteiger partial charge in [0.25, 0.3) is 0 Å². The number of ether oxygens (including phenoxy) is 1. The Morgan fingerprint density at radius 2 is 1.72 bits per heavy atom. The second-order valence-electron chi connectivity index (χ2n) is 7.72. The fourth-order valence-corrected chi connectivity index (χ4v) is 4.70. The van der Waals surface area contributed by atoms with E-state index in [1.807, 2.05) is 6.08 Å². The van der Waals surface area contributed by atoms with E-state index in [0.29, 0.717) is 22.1 Å². The number of nitrogens with one attached hydrogen (secondary N) is 1. The van der Waals surface area contributed by atoms with Gasteiger partial charge in [0, 0.05) is 16.9 Å². The van der Waals surface area contributed by atoms with E-state index in [2.05, 4.69) is 10.4 Å². The number of carbonyl (C=O) groups is 3. The molecule has 2 fully saturated rings. The molecule has 4 atom stereocenters. The fraction of sp³-hybridized carbons (Fsp3) is 0.217. The van der Waals surface area contributed by atoms with Crippen LogP contribution in [0, 0.1) is 11.8 Å². The van der Waals surface area contributed by atoms with Crippen molar-refractivity contribution in [3.63, 3.8) is 0 Å². The van der Waals surface area contributed by atoms with Crippen LogP contribution in [0.4, 0.5) is 11.4 Å². The van der Waals surface area contributed by atoms with Crippen LogP contribution in [0.15, 0.2) is 65.8 Å². The quantitative estimate of drug-likeness (QED) is 0.723. The van der Waals surface area contributed by atoms with Crippen LogP contribution in [-0.4, -0.2) is 48.1 Å². The number of amides is 3. The van der Waals surface area contributed by atoms with Crippen molar-refractivity contribution in [3.8, 4) is 5.75 Å².